The fraction of sp³-hybridized carbons (Fsp3) is 0.143. The van der Waals surface area contributed by atoms with Crippen molar-refractivity contribution in [2.75, 3.05) is 18.2 Å². The van der Waals surface area contributed by atoms with Gasteiger partial charge in [0.05, 0.1) is 24.0 Å². The molecule has 5 nitrogen and oxygen atoms in total. The summed E-state index contributed by atoms with van der Waals surface area (Å²) < 4.78 is 5.05. The summed E-state index contributed by atoms with van der Waals surface area (Å²) in [6, 6.07) is 6.86. The van der Waals surface area contributed by atoms with Crippen molar-refractivity contribution >= 4 is 17.3 Å². The van der Waals surface area contributed by atoms with E-state index >= 15 is 0 Å². The van der Waals surface area contributed by atoms with E-state index in [0.29, 0.717) is 22.7 Å². The van der Waals surface area contributed by atoms with Crippen molar-refractivity contribution in [3.05, 3.63) is 47.8 Å². The number of hydrogen-bond acceptors (Lipinski definition) is 4. The summed E-state index contributed by atoms with van der Waals surface area (Å²) in [5.41, 5.74) is 8.27. The standard InChI is InChI=1S/C14H15N3O2/c1-9-5-10(8-16-7-9)14(18)17-13-4-3-11(19-2)6-12(13)15/h3-8H,15H2,1-2H3,(H,17,18). The van der Waals surface area contributed by atoms with Crippen molar-refractivity contribution < 1.29 is 9.53 Å². The summed E-state index contributed by atoms with van der Waals surface area (Å²) in [7, 11) is 1.56. The van der Waals surface area contributed by atoms with Crippen molar-refractivity contribution in [1.82, 2.24) is 4.98 Å². The topological polar surface area (TPSA) is 77.2 Å². The SMILES string of the molecule is COc1ccc(NC(=O)c2cncc(C)c2)c(N)c1. The zero-order valence-electron chi connectivity index (χ0n) is 10.8. The van der Waals surface area contributed by atoms with Crippen LogP contribution in [-0.4, -0.2) is 18.0 Å². The number of amides is 1. The van der Waals surface area contributed by atoms with E-state index in [1.54, 1.807) is 37.6 Å². The van der Waals surface area contributed by atoms with Crippen molar-refractivity contribution in [2.24, 2.45) is 0 Å². The van der Waals surface area contributed by atoms with E-state index < -0.39 is 0 Å². The number of benzene rings is 1. The third-order valence-corrected chi connectivity index (χ3v) is 2.64. The van der Waals surface area contributed by atoms with Gasteiger partial charge in [-0.3, -0.25) is 9.78 Å². The number of nitrogens with one attached hydrogen (secondary N) is 1. The Morgan fingerprint density at radius 3 is 2.74 bits per heavy atom. The maximum Gasteiger partial charge on any atom is 0.257 e. The Hall–Kier alpha value is -2.56. The average Bonchev–Trinajstić information content (AvgIpc) is 2.41. The average molecular weight is 257 g/mol. The predicted molar refractivity (Wildman–Crippen MR) is 74.3 cm³/mol. The molecule has 0 spiro atoms. The van der Waals surface area contributed by atoms with Gasteiger partial charge in [-0.25, -0.2) is 0 Å². The Labute approximate surface area is 111 Å². The second-order valence-corrected chi connectivity index (χ2v) is 4.16. The molecule has 0 fully saturated rings. The lowest BCUT2D eigenvalue weighted by molar-refractivity contribution is 0.102. The Morgan fingerprint density at radius 2 is 2.11 bits per heavy atom. The first-order valence-electron chi connectivity index (χ1n) is 5.76. The van der Waals surface area contributed by atoms with E-state index in [-0.39, 0.29) is 5.91 Å². The number of ether oxygens (including phenoxy) is 1. The van der Waals surface area contributed by atoms with Crippen molar-refractivity contribution in [3.8, 4) is 5.75 Å². The fourth-order valence-corrected chi connectivity index (χ4v) is 1.66. The van der Waals surface area contributed by atoms with Crippen LogP contribution in [0.3, 0.4) is 0 Å². The number of anilines is 2. The second-order valence-electron chi connectivity index (χ2n) is 4.16. The van der Waals surface area contributed by atoms with Crippen LogP contribution in [0.1, 0.15) is 15.9 Å². The summed E-state index contributed by atoms with van der Waals surface area (Å²) >= 11 is 0. The number of rotatable bonds is 3. The minimum atomic E-state index is -0.243. The van der Waals surface area contributed by atoms with Gasteiger partial charge in [0.1, 0.15) is 5.75 Å². The molecule has 3 N–H and O–H groups in total. The Kier molecular flexibility index (Phi) is 3.66. The first-order chi connectivity index (χ1) is 9.10. The van der Waals surface area contributed by atoms with Crippen LogP contribution >= 0.6 is 0 Å². The normalized spacial score (nSPS) is 10.0. The summed E-state index contributed by atoms with van der Waals surface area (Å²) in [5, 5.41) is 2.75. The molecule has 2 aromatic rings. The van der Waals surface area contributed by atoms with Crippen LogP contribution in [0.5, 0.6) is 5.75 Å². The van der Waals surface area contributed by atoms with Crippen LogP contribution in [0, 0.1) is 6.92 Å². The molecule has 0 unspecified atom stereocenters. The second kappa shape index (κ2) is 5.39. The first kappa shape index (κ1) is 12.9. The summed E-state index contributed by atoms with van der Waals surface area (Å²) in [6.07, 6.45) is 3.21. The molecule has 1 aromatic heterocycles. The summed E-state index contributed by atoms with van der Waals surface area (Å²) in [5.74, 6) is 0.404. The maximum absolute atomic E-state index is 12.0. The van der Waals surface area contributed by atoms with Gasteiger partial charge in [0, 0.05) is 18.5 Å². The van der Waals surface area contributed by atoms with Crippen molar-refractivity contribution in [3.63, 3.8) is 0 Å². The van der Waals surface area contributed by atoms with Gasteiger partial charge in [-0.2, -0.15) is 0 Å². The number of aryl methyl sites for hydroxylation is 1. The van der Waals surface area contributed by atoms with Crippen LogP contribution in [-0.2, 0) is 0 Å². The van der Waals surface area contributed by atoms with E-state index in [2.05, 4.69) is 10.3 Å². The third-order valence-electron chi connectivity index (χ3n) is 2.64. The van der Waals surface area contributed by atoms with Gasteiger partial charge in [-0.05, 0) is 30.7 Å². The van der Waals surface area contributed by atoms with Gasteiger partial charge in [0.25, 0.3) is 5.91 Å². The van der Waals surface area contributed by atoms with E-state index in [0.717, 1.165) is 5.56 Å². The van der Waals surface area contributed by atoms with Gasteiger partial charge in [0.2, 0.25) is 0 Å². The van der Waals surface area contributed by atoms with E-state index in [4.69, 9.17) is 10.5 Å². The van der Waals surface area contributed by atoms with Crippen molar-refractivity contribution in [2.45, 2.75) is 6.92 Å². The molecule has 98 valence electrons. The first-order valence-corrected chi connectivity index (χ1v) is 5.76. The molecule has 0 atom stereocenters. The quantitative estimate of drug-likeness (QED) is 0.827. The molecule has 1 heterocycles. The number of carbonyl (C=O) groups is 1. The van der Waals surface area contributed by atoms with Gasteiger partial charge < -0.3 is 15.8 Å². The van der Waals surface area contributed by atoms with Crippen molar-refractivity contribution in [1.29, 1.82) is 0 Å². The molecule has 0 bridgehead atoms. The highest BCUT2D eigenvalue weighted by Crippen LogP contribution is 2.24. The van der Waals surface area contributed by atoms with Crippen LogP contribution in [0.2, 0.25) is 0 Å². The fourth-order valence-electron chi connectivity index (χ4n) is 1.66. The molecule has 0 aliphatic carbocycles. The highest BCUT2D eigenvalue weighted by atomic mass is 16.5. The predicted octanol–water partition coefficient (Wildman–Crippen LogP) is 2.23. The van der Waals surface area contributed by atoms with Gasteiger partial charge in [0.15, 0.2) is 0 Å². The summed E-state index contributed by atoms with van der Waals surface area (Å²) in [6.45, 7) is 1.88. The molecule has 19 heavy (non-hydrogen) atoms. The minimum absolute atomic E-state index is 0.243. The van der Waals surface area contributed by atoms with Crippen LogP contribution in [0.25, 0.3) is 0 Å². The van der Waals surface area contributed by atoms with E-state index in [1.165, 1.54) is 6.20 Å². The lowest BCUT2D eigenvalue weighted by Crippen LogP contribution is -2.13. The lowest BCUT2D eigenvalue weighted by atomic mass is 10.2. The lowest BCUT2D eigenvalue weighted by Gasteiger charge is -2.09. The molecule has 0 saturated carbocycles. The maximum atomic E-state index is 12.0. The van der Waals surface area contributed by atoms with E-state index in [1.807, 2.05) is 6.92 Å². The zero-order chi connectivity index (χ0) is 13.8. The van der Waals surface area contributed by atoms with Gasteiger partial charge in [-0.1, -0.05) is 0 Å². The minimum Gasteiger partial charge on any atom is -0.497 e. The number of nitrogens with two attached hydrogens (primary N) is 1. The number of aromatic nitrogens is 1. The zero-order valence-corrected chi connectivity index (χ0v) is 10.8. The molecule has 2 rings (SSSR count). The Balaban J connectivity index is 2.19. The number of nitrogen functional groups attached to an aromatic ring is 1. The van der Waals surface area contributed by atoms with E-state index in [9.17, 15) is 4.79 Å². The molecule has 0 aliphatic rings. The number of methoxy groups -OCH3 is 1. The Bertz CT molecular complexity index is 611. The molecule has 0 aliphatic heterocycles. The summed E-state index contributed by atoms with van der Waals surface area (Å²) in [4.78, 5) is 16.0. The largest absolute Gasteiger partial charge is 0.497 e. The van der Waals surface area contributed by atoms with Gasteiger partial charge in [-0.15, -0.1) is 0 Å². The number of hydrogen-bond donors (Lipinski definition) is 2. The molecule has 1 aromatic carbocycles. The smallest absolute Gasteiger partial charge is 0.257 e. The van der Waals surface area contributed by atoms with Gasteiger partial charge >= 0.3 is 0 Å². The molecular formula is C14H15N3O2. The molecular weight excluding hydrogens is 242 g/mol. The van der Waals surface area contributed by atoms with Crippen LogP contribution < -0.4 is 15.8 Å². The Morgan fingerprint density at radius 1 is 1.32 bits per heavy atom. The number of pyridine rings is 1. The number of carbonyl (C=O) groups excluding carboxylic acids is 1. The highest BCUT2D eigenvalue weighted by Gasteiger charge is 2.09. The molecule has 1 amide bonds. The monoisotopic (exact) mass is 257 g/mol. The van der Waals surface area contributed by atoms with Crippen LogP contribution in [0.4, 0.5) is 11.4 Å². The van der Waals surface area contributed by atoms with Crippen LogP contribution in [0.15, 0.2) is 36.7 Å². The third kappa shape index (κ3) is 3.01. The number of nitrogens with zero attached hydrogens (tertiary/aromatic N) is 1. The molecule has 5 heteroatoms. The highest BCUT2D eigenvalue weighted by molar-refractivity contribution is 6.05. The molecule has 0 radical (unpaired) electrons. The molecule has 0 saturated heterocycles.